The molecule has 0 saturated carbocycles. The average molecular weight is 401 g/mol. The van der Waals surface area contributed by atoms with E-state index in [1.807, 2.05) is 24.3 Å². The van der Waals surface area contributed by atoms with Crippen LogP contribution in [0.3, 0.4) is 0 Å². The van der Waals surface area contributed by atoms with Crippen LogP contribution in [-0.2, 0) is 12.8 Å². The van der Waals surface area contributed by atoms with Gasteiger partial charge >= 0.3 is 0 Å². The molecular weight excluding hydrogens is 372 g/mol. The number of aliphatic hydroxyl groups excluding tert-OH is 4. The summed E-state index contributed by atoms with van der Waals surface area (Å²) < 4.78 is 0. The Morgan fingerprint density at radius 2 is 1.68 bits per heavy atom. The summed E-state index contributed by atoms with van der Waals surface area (Å²) in [7, 11) is 0. The van der Waals surface area contributed by atoms with Gasteiger partial charge in [-0.25, -0.2) is 0 Å². The molecule has 3 rings (SSSR count). The summed E-state index contributed by atoms with van der Waals surface area (Å²) in [5.74, 6) is 0. The average Bonchev–Trinajstić information content (AvgIpc) is 2.73. The van der Waals surface area contributed by atoms with Gasteiger partial charge in [0.2, 0.25) is 0 Å². The van der Waals surface area contributed by atoms with Crippen molar-refractivity contribution in [2.24, 2.45) is 0 Å². The van der Waals surface area contributed by atoms with Crippen LogP contribution in [0.2, 0.25) is 0 Å². The maximum Gasteiger partial charge on any atom is 0.108 e. The Bertz CT molecular complexity index is 787. The zero-order valence-corrected chi connectivity index (χ0v) is 16.8. The fourth-order valence-corrected chi connectivity index (χ4v) is 4.88. The summed E-state index contributed by atoms with van der Waals surface area (Å²) in [5.41, 5.74) is 4.48. The monoisotopic (exact) mass is 400 g/mol. The van der Waals surface area contributed by atoms with Crippen LogP contribution >= 0.6 is 11.8 Å². The molecule has 1 aliphatic rings. The second-order valence-electron chi connectivity index (χ2n) is 7.20. The summed E-state index contributed by atoms with van der Waals surface area (Å²) in [4.78, 5) is 0. The van der Waals surface area contributed by atoms with Gasteiger partial charge in [-0.3, -0.25) is 0 Å². The number of aliphatic hydroxyl groups is 4. The number of rotatable bonds is 6. The van der Waals surface area contributed by atoms with Gasteiger partial charge in [0.25, 0.3) is 0 Å². The highest BCUT2D eigenvalue weighted by atomic mass is 32.2. The lowest BCUT2D eigenvalue weighted by Crippen LogP contribution is -2.51. The second kappa shape index (κ2) is 9.72. The molecule has 0 aliphatic carbocycles. The van der Waals surface area contributed by atoms with Gasteiger partial charge in [-0.15, -0.1) is 11.8 Å². The Morgan fingerprint density at radius 1 is 0.929 bits per heavy atom. The Morgan fingerprint density at radius 3 is 2.36 bits per heavy atom. The number of thioether (sulfide) groups is 1. The van der Waals surface area contributed by atoms with Crippen LogP contribution in [0.15, 0.2) is 54.6 Å². The van der Waals surface area contributed by atoms with Crippen molar-refractivity contribution in [3.8, 4) is 0 Å². The van der Waals surface area contributed by atoms with E-state index in [0.717, 1.165) is 29.5 Å². The molecule has 1 saturated heterocycles. The van der Waals surface area contributed by atoms with Crippen LogP contribution in [0, 0.1) is 0 Å². The first-order valence-electron chi connectivity index (χ1n) is 9.68. The molecule has 1 fully saturated rings. The molecule has 150 valence electrons. The minimum absolute atomic E-state index is 0.245. The van der Waals surface area contributed by atoms with Gasteiger partial charge in [-0.05, 0) is 35.1 Å². The Labute approximate surface area is 170 Å². The minimum Gasteiger partial charge on any atom is -0.395 e. The molecule has 0 bridgehead atoms. The summed E-state index contributed by atoms with van der Waals surface area (Å²) in [6, 6.07) is 16.4. The quantitative estimate of drug-likeness (QED) is 0.600. The second-order valence-corrected chi connectivity index (χ2v) is 8.58. The third-order valence-corrected chi connectivity index (χ3v) is 6.85. The lowest BCUT2D eigenvalue weighted by Gasteiger charge is -2.39. The predicted molar refractivity (Wildman–Crippen MR) is 114 cm³/mol. The molecule has 28 heavy (non-hydrogen) atoms. The first kappa shape index (κ1) is 21.1. The van der Waals surface area contributed by atoms with Gasteiger partial charge < -0.3 is 20.4 Å². The molecule has 2 aromatic rings. The lowest BCUT2D eigenvalue weighted by molar-refractivity contribution is -0.0700. The highest BCUT2D eigenvalue weighted by molar-refractivity contribution is 8.00. The van der Waals surface area contributed by atoms with E-state index in [1.54, 1.807) is 0 Å². The zero-order valence-electron chi connectivity index (χ0n) is 16.0. The summed E-state index contributed by atoms with van der Waals surface area (Å²) in [6.45, 7) is 1.90. The van der Waals surface area contributed by atoms with Crippen LogP contribution in [0.5, 0.6) is 0 Å². The van der Waals surface area contributed by atoms with Gasteiger partial charge in [-0.2, -0.15) is 0 Å². The SMILES string of the molecule is CCc1ccc(C=CCc2cccc([C@@H]3S[C@H](CO)[C@@H](O)[C@H](O)[C@H]3O)c2)cc1. The normalized spacial score (nSPS) is 28.0. The fraction of sp³-hybridized carbons (Fsp3) is 0.391. The van der Waals surface area contributed by atoms with E-state index >= 15 is 0 Å². The molecular formula is C23H28O4S. The third-order valence-electron chi connectivity index (χ3n) is 5.22. The molecule has 0 aromatic heterocycles. The molecule has 5 heteroatoms. The largest absolute Gasteiger partial charge is 0.395 e. The van der Waals surface area contributed by atoms with Gasteiger partial charge in [-0.1, -0.05) is 67.6 Å². The fourth-order valence-electron chi connectivity index (χ4n) is 3.47. The number of hydrogen-bond donors (Lipinski definition) is 4. The minimum atomic E-state index is -1.27. The van der Waals surface area contributed by atoms with Crippen molar-refractivity contribution < 1.29 is 20.4 Å². The molecule has 0 amide bonds. The first-order valence-corrected chi connectivity index (χ1v) is 10.6. The zero-order chi connectivity index (χ0) is 20.1. The highest BCUT2D eigenvalue weighted by Gasteiger charge is 2.43. The highest BCUT2D eigenvalue weighted by Crippen LogP contribution is 2.43. The third kappa shape index (κ3) is 4.85. The summed E-state index contributed by atoms with van der Waals surface area (Å²) in [5, 5.41) is 39.1. The van der Waals surface area contributed by atoms with Gasteiger partial charge in [0.05, 0.1) is 29.3 Å². The van der Waals surface area contributed by atoms with Crippen molar-refractivity contribution in [1.29, 1.82) is 0 Å². The van der Waals surface area contributed by atoms with Crippen LogP contribution in [0.25, 0.3) is 6.08 Å². The number of aryl methyl sites for hydroxylation is 1. The molecule has 4 nitrogen and oxygen atoms in total. The topological polar surface area (TPSA) is 80.9 Å². The Balaban J connectivity index is 1.70. The molecule has 1 heterocycles. The van der Waals surface area contributed by atoms with E-state index in [4.69, 9.17) is 0 Å². The maximum atomic E-state index is 10.4. The van der Waals surface area contributed by atoms with Crippen LogP contribution in [0.4, 0.5) is 0 Å². The number of benzene rings is 2. The van der Waals surface area contributed by atoms with E-state index < -0.39 is 23.6 Å². The Hall–Kier alpha value is -1.63. The van der Waals surface area contributed by atoms with Crippen molar-refractivity contribution in [1.82, 2.24) is 0 Å². The molecule has 2 aromatic carbocycles. The smallest absolute Gasteiger partial charge is 0.108 e. The van der Waals surface area contributed by atoms with Gasteiger partial charge in [0, 0.05) is 0 Å². The molecule has 4 N–H and O–H groups in total. The maximum absolute atomic E-state index is 10.4. The van der Waals surface area contributed by atoms with E-state index in [-0.39, 0.29) is 11.9 Å². The summed E-state index contributed by atoms with van der Waals surface area (Å²) >= 11 is 1.31. The molecule has 5 atom stereocenters. The van der Waals surface area contributed by atoms with Crippen molar-refractivity contribution in [2.45, 2.75) is 48.6 Å². The van der Waals surface area contributed by atoms with E-state index in [9.17, 15) is 20.4 Å². The van der Waals surface area contributed by atoms with Crippen molar-refractivity contribution in [3.63, 3.8) is 0 Å². The van der Waals surface area contributed by atoms with Crippen molar-refractivity contribution in [2.75, 3.05) is 6.61 Å². The van der Waals surface area contributed by atoms with Crippen molar-refractivity contribution in [3.05, 3.63) is 76.9 Å². The molecule has 0 unspecified atom stereocenters. The summed E-state index contributed by atoms with van der Waals surface area (Å²) in [6.07, 6.45) is 2.52. The molecule has 1 aliphatic heterocycles. The first-order chi connectivity index (χ1) is 13.5. The van der Waals surface area contributed by atoms with E-state index in [0.29, 0.717) is 0 Å². The number of allylic oxidation sites excluding steroid dienone is 1. The van der Waals surface area contributed by atoms with Crippen LogP contribution in [0.1, 0.15) is 34.4 Å². The molecule has 0 spiro atoms. The molecule has 0 radical (unpaired) electrons. The van der Waals surface area contributed by atoms with Crippen LogP contribution < -0.4 is 0 Å². The predicted octanol–water partition coefficient (Wildman–Crippen LogP) is 2.74. The van der Waals surface area contributed by atoms with Crippen LogP contribution in [-0.4, -0.2) is 50.6 Å². The standard InChI is InChI=1S/C23H28O4S/c1-2-15-9-11-16(12-10-15)5-3-6-17-7-4-8-18(13-17)23-22(27)21(26)20(25)19(14-24)28-23/h3-5,7-13,19-27H,2,6,14H2,1H3/t19-,20-,21+,22-,23+/m1/s1. The number of hydrogen-bond acceptors (Lipinski definition) is 5. The van der Waals surface area contributed by atoms with Crippen molar-refractivity contribution >= 4 is 17.8 Å². The van der Waals surface area contributed by atoms with Gasteiger partial charge in [0.1, 0.15) is 6.10 Å². The van der Waals surface area contributed by atoms with Gasteiger partial charge in [0.15, 0.2) is 0 Å². The van der Waals surface area contributed by atoms with E-state index in [2.05, 4.69) is 43.3 Å². The van der Waals surface area contributed by atoms with E-state index in [1.165, 1.54) is 17.3 Å². The Kier molecular flexibility index (Phi) is 7.32. The lowest BCUT2D eigenvalue weighted by atomic mass is 9.95.